The standard InChI is InChI=1S/C11H17N3O/c1-15-11-9(3-2-5-13-11)8-14-6-4-10(14)7-12/h2-3,5,10H,4,6-8,12H2,1H3. The highest BCUT2D eigenvalue weighted by Crippen LogP contribution is 2.23. The number of likely N-dealkylation sites (tertiary alicyclic amines) is 1. The van der Waals surface area contributed by atoms with E-state index < -0.39 is 0 Å². The summed E-state index contributed by atoms with van der Waals surface area (Å²) >= 11 is 0. The summed E-state index contributed by atoms with van der Waals surface area (Å²) in [5.41, 5.74) is 6.80. The summed E-state index contributed by atoms with van der Waals surface area (Å²) in [5.74, 6) is 0.722. The molecule has 1 atom stereocenters. The first-order valence-electron chi connectivity index (χ1n) is 5.27. The quantitative estimate of drug-likeness (QED) is 0.786. The van der Waals surface area contributed by atoms with E-state index in [1.54, 1.807) is 13.3 Å². The second kappa shape index (κ2) is 4.59. The summed E-state index contributed by atoms with van der Waals surface area (Å²) in [6.45, 7) is 2.75. The van der Waals surface area contributed by atoms with E-state index in [1.165, 1.54) is 6.42 Å². The molecule has 82 valence electrons. The fourth-order valence-electron chi connectivity index (χ4n) is 1.92. The van der Waals surface area contributed by atoms with Crippen molar-refractivity contribution in [1.82, 2.24) is 9.88 Å². The van der Waals surface area contributed by atoms with Crippen LogP contribution < -0.4 is 10.5 Å². The van der Waals surface area contributed by atoms with Gasteiger partial charge in [0.25, 0.3) is 0 Å². The molecule has 0 spiro atoms. The lowest BCUT2D eigenvalue weighted by Crippen LogP contribution is -2.50. The third-order valence-corrected chi connectivity index (χ3v) is 2.95. The van der Waals surface area contributed by atoms with Gasteiger partial charge in [0, 0.05) is 37.4 Å². The number of pyridine rings is 1. The van der Waals surface area contributed by atoms with Crippen LogP contribution in [0.1, 0.15) is 12.0 Å². The molecule has 4 heteroatoms. The summed E-state index contributed by atoms with van der Waals surface area (Å²) in [7, 11) is 1.66. The van der Waals surface area contributed by atoms with E-state index in [9.17, 15) is 0 Å². The topological polar surface area (TPSA) is 51.4 Å². The van der Waals surface area contributed by atoms with Gasteiger partial charge in [0.2, 0.25) is 5.88 Å². The lowest BCUT2D eigenvalue weighted by Gasteiger charge is -2.40. The molecule has 1 aromatic heterocycles. The van der Waals surface area contributed by atoms with E-state index in [0.29, 0.717) is 6.04 Å². The average Bonchev–Trinajstić information content (AvgIpc) is 2.25. The molecular weight excluding hydrogens is 190 g/mol. The van der Waals surface area contributed by atoms with Crippen molar-refractivity contribution in [3.63, 3.8) is 0 Å². The normalized spacial score (nSPS) is 21.1. The third kappa shape index (κ3) is 2.11. The third-order valence-electron chi connectivity index (χ3n) is 2.95. The smallest absolute Gasteiger partial charge is 0.217 e. The largest absolute Gasteiger partial charge is 0.481 e. The van der Waals surface area contributed by atoms with Gasteiger partial charge in [0.05, 0.1) is 7.11 Å². The van der Waals surface area contributed by atoms with Crippen LogP contribution in [0.25, 0.3) is 0 Å². The maximum atomic E-state index is 5.66. The van der Waals surface area contributed by atoms with Crippen molar-refractivity contribution < 1.29 is 4.74 Å². The van der Waals surface area contributed by atoms with Crippen LogP contribution in [0.3, 0.4) is 0 Å². The highest BCUT2D eigenvalue weighted by molar-refractivity contribution is 5.25. The maximum absolute atomic E-state index is 5.66. The Labute approximate surface area is 90.0 Å². The first-order chi connectivity index (χ1) is 7.35. The first kappa shape index (κ1) is 10.4. The van der Waals surface area contributed by atoms with Gasteiger partial charge in [-0.1, -0.05) is 6.07 Å². The maximum Gasteiger partial charge on any atom is 0.217 e. The van der Waals surface area contributed by atoms with Gasteiger partial charge in [-0.15, -0.1) is 0 Å². The van der Waals surface area contributed by atoms with Crippen LogP contribution in [0.4, 0.5) is 0 Å². The van der Waals surface area contributed by atoms with Crippen molar-refractivity contribution in [2.24, 2.45) is 5.73 Å². The van der Waals surface area contributed by atoms with Crippen LogP contribution in [0.2, 0.25) is 0 Å². The second-order valence-corrected chi connectivity index (χ2v) is 3.82. The van der Waals surface area contributed by atoms with Crippen LogP contribution in [0, 0.1) is 0 Å². The molecule has 1 saturated heterocycles. The zero-order valence-electron chi connectivity index (χ0n) is 9.02. The minimum atomic E-state index is 0.537. The number of nitrogens with two attached hydrogens (primary N) is 1. The van der Waals surface area contributed by atoms with Crippen LogP contribution in [-0.4, -0.2) is 36.1 Å². The summed E-state index contributed by atoms with van der Waals surface area (Å²) in [4.78, 5) is 6.54. The van der Waals surface area contributed by atoms with E-state index >= 15 is 0 Å². The number of nitrogens with zero attached hydrogens (tertiary/aromatic N) is 2. The van der Waals surface area contributed by atoms with Gasteiger partial charge < -0.3 is 10.5 Å². The van der Waals surface area contributed by atoms with Crippen molar-refractivity contribution in [2.75, 3.05) is 20.2 Å². The molecule has 1 fully saturated rings. The highest BCUT2D eigenvalue weighted by atomic mass is 16.5. The molecule has 4 nitrogen and oxygen atoms in total. The molecule has 0 aromatic carbocycles. The molecule has 0 aliphatic carbocycles. The molecule has 0 saturated carbocycles. The number of hydrogen-bond acceptors (Lipinski definition) is 4. The summed E-state index contributed by atoms with van der Waals surface area (Å²) in [6, 6.07) is 4.53. The van der Waals surface area contributed by atoms with Crippen LogP contribution >= 0.6 is 0 Å². The van der Waals surface area contributed by atoms with Crippen LogP contribution in [0.5, 0.6) is 5.88 Å². The van der Waals surface area contributed by atoms with E-state index in [-0.39, 0.29) is 0 Å². The second-order valence-electron chi connectivity index (χ2n) is 3.82. The molecule has 15 heavy (non-hydrogen) atoms. The van der Waals surface area contributed by atoms with Crippen molar-refractivity contribution in [3.8, 4) is 5.88 Å². The van der Waals surface area contributed by atoms with Crippen molar-refractivity contribution in [1.29, 1.82) is 0 Å². The van der Waals surface area contributed by atoms with Gasteiger partial charge in [0.1, 0.15) is 0 Å². The van der Waals surface area contributed by atoms with Gasteiger partial charge in [-0.05, 0) is 12.5 Å². The molecule has 1 aliphatic heterocycles. The molecule has 1 unspecified atom stereocenters. The molecule has 1 aromatic rings. The Kier molecular flexibility index (Phi) is 3.18. The number of rotatable bonds is 4. The number of methoxy groups -OCH3 is 1. The molecular formula is C11H17N3O. The van der Waals surface area contributed by atoms with Crippen LogP contribution in [-0.2, 0) is 6.54 Å². The lowest BCUT2D eigenvalue weighted by molar-refractivity contribution is 0.0870. The minimum absolute atomic E-state index is 0.537. The number of hydrogen-bond donors (Lipinski definition) is 1. The zero-order chi connectivity index (χ0) is 10.7. The van der Waals surface area contributed by atoms with Crippen molar-refractivity contribution in [2.45, 2.75) is 19.0 Å². The molecule has 2 heterocycles. The molecule has 2 N–H and O–H groups in total. The SMILES string of the molecule is COc1ncccc1CN1CCC1CN. The van der Waals surface area contributed by atoms with E-state index in [2.05, 4.69) is 16.0 Å². The Bertz CT molecular complexity index is 327. The first-order valence-corrected chi connectivity index (χ1v) is 5.27. The minimum Gasteiger partial charge on any atom is -0.481 e. The average molecular weight is 207 g/mol. The van der Waals surface area contributed by atoms with E-state index in [1.807, 2.05) is 6.07 Å². The fourth-order valence-corrected chi connectivity index (χ4v) is 1.92. The van der Waals surface area contributed by atoms with Gasteiger partial charge >= 0.3 is 0 Å². The summed E-state index contributed by atoms with van der Waals surface area (Å²) in [6.07, 6.45) is 2.96. The summed E-state index contributed by atoms with van der Waals surface area (Å²) < 4.78 is 5.21. The predicted octanol–water partition coefficient (Wildman–Crippen LogP) is 0.623. The molecule has 0 amide bonds. The molecule has 2 rings (SSSR count). The van der Waals surface area contributed by atoms with Crippen molar-refractivity contribution >= 4 is 0 Å². The Morgan fingerprint density at radius 3 is 3.13 bits per heavy atom. The van der Waals surface area contributed by atoms with Gasteiger partial charge in [-0.2, -0.15) is 0 Å². The Morgan fingerprint density at radius 1 is 1.67 bits per heavy atom. The monoisotopic (exact) mass is 207 g/mol. The molecule has 0 radical (unpaired) electrons. The molecule has 1 aliphatic rings. The van der Waals surface area contributed by atoms with Crippen molar-refractivity contribution in [3.05, 3.63) is 23.9 Å². The van der Waals surface area contributed by atoms with Gasteiger partial charge in [-0.3, -0.25) is 4.90 Å². The van der Waals surface area contributed by atoms with Gasteiger partial charge in [-0.25, -0.2) is 4.98 Å². The zero-order valence-corrected chi connectivity index (χ0v) is 9.02. The Hall–Kier alpha value is -1.13. The van der Waals surface area contributed by atoms with E-state index in [0.717, 1.165) is 31.1 Å². The van der Waals surface area contributed by atoms with Gasteiger partial charge in [0.15, 0.2) is 0 Å². The van der Waals surface area contributed by atoms with E-state index in [4.69, 9.17) is 10.5 Å². The summed E-state index contributed by atoms with van der Waals surface area (Å²) in [5, 5.41) is 0. The lowest BCUT2D eigenvalue weighted by atomic mass is 10.0. The predicted molar refractivity (Wildman–Crippen MR) is 58.7 cm³/mol. The number of ether oxygens (including phenoxy) is 1. The highest BCUT2D eigenvalue weighted by Gasteiger charge is 2.27. The fraction of sp³-hybridized carbons (Fsp3) is 0.545. The van der Waals surface area contributed by atoms with Crippen LogP contribution in [0.15, 0.2) is 18.3 Å². The Balaban J connectivity index is 2.04. The number of aromatic nitrogens is 1. The molecule has 0 bridgehead atoms. The Morgan fingerprint density at radius 2 is 2.53 bits per heavy atom.